The summed E-state index contributed by atoms with van der Waals surface area (Å²) in [6.45, 7) is 6.69. The fourth-order valence-corrected chi connectivity index (χ4v) is 2.41. The number of nitrogens with two attached hydrogens (primary N) is 2. The van der Waals surface area contributed by atoms with Crippen LogP contribution in [0, 0.1) is 11.8 Å². The lowest BCUT2D eigenvalue weighted by molar-refractivity contribution is -0.147. The smallest absolute Gasteiger partial charge is 0.326 e. The van der Waals surface area contributed by atoms with Gasteiger partial charge in [-0.05, 0) is 11.8 Å². The maximum absolute atomic E-state index is 12.7. The summed E-state index contributed by atoms with van der Waals surface area (Å²) in [5, 5.41) is 24.5. The van der Waals surface area contributed by atoms with Crippen molar-refractivity contribution in [3.63, 3.8) is 0 Å². The molecule has 0 aromatic carbocycles. The first-order valence-electron chi connectivity index (χ1n) is 9.56. The van der Waals surface area contributed by atoms with Crippen LogP contribution in [0.2, 0.25) is 0 Å². The van der Waals surface area contributed by atoms with Crippen molar-refractivity contribution in [1.82, 2.24) is 16.0 Å². The second-order valence-electron chi connectivity index (χ2n) is 7.73. The molecule has 0 aliphatic rings. The van der Waals surface area contributed by atoms with E-state index in [2.05, 4.69) is 10.6 Å². The normalized spacial score (nSPS) is 14.8. The first-order valence-corrected chi connectivity index (χ1v) is 9.56. The van der Waals surface area contributed by atoms with Crippen LogP contribution in [0.4, 0.5) is 0 Å². The van der Waals surface area contributed by atoms with Crippen LogP contribution >= 0.6 is 0 Å². The zero-order valence-corrected chi connectivity index (χ0v) is 17.9. The fraction of sp³-hybridized carbons (Fsp3) is 0.667. The lowest BCUT2D eigenvalue weighted by atomic mass is 9.99. The van der Waals surface area contributed by atoms with E-state index in [9.17, 15) is 28.8 Å². The number of aliphatic carboxylic acids is 2. The van der Waals surface area contributed by atoms with Gasteiger partial charge in [-0.2, -0.15) is 0 Å². The summed E-state index contributed by atoms with van der Waals surface area (Å²) in [7, 11) is 0. The molecule has 4 amide bonds. The molecule has 0 rings (SSSR count). The molecule has 176 valence electrons. The second-order valence-corrected chi connectivity index (χ2v) is 7.73. The minimum absolute atomic E-state index is 0.202. The highest BCUT2D eigenvalue weighted by molar-refractivity contribution is 5.96. The quantitative estimate of drug-likeness (QED) is 0.159. The minimum atomic E-state index is -1.79. The van der Waals surface area contributed by atoms with Gasteiger partial charge >= 0.3 is 11.9 Å². The third kappa shape index (κ3) is 9.89. The van der Waals surface area contributed by atoms with Gasteiger partial charge in [0.2, 0.25) is 23.6 Å². The number of hydrogen-bond acceptors (Lipinski definition) is 7. The highest BCUT2D eigenvalue weighted by atomic mass is 16.4. The molecule has 0 bridgehead atoms. The summed E-state index contributed by atoms with van der Waals surface area (Å²) >= 11 is 0. The SMILES string of the molecule is CC(C)C(N)C(=O)NC(C(=O)NC(CC(N)=O)C(=O)NC(CC(=O)O)C(=O)O)C(C)C. The van der Waals surface area contributed by atoms with E-state index in [1.807, 2.05) is 5.32 Å². The first kappa shape index (κ1) is 27.8. The number of carboxylic acids is 2. The third-order valence-corrected chi connectivity index (χ3v) is 4.30. The number of nitrogens with one attached hydrogen (secondary N) is 3. The number of rotatable bonds is 13. The number of amides is 4. The van der Waals surface area contributed by atoms with Crippen molar-refractivity contribution < 1.29 is 39.0 Å². The van der Waals surface area contributed by atoms with Crippen LogP contribution in [0.5, 0.6) is 0 Å². The Bertz CT molecular complexity index is 709. The monoisotopic (exact) mass is 445 g/mol. The Labute approximate surface area is 179 Å². The zero-order chi connectivity index (χ0) is 24.5. The molecule has 4 atom stereocenters. The van der Waals surface area contributed by atoms with E-state index >= 15 is 0 Å². The number of primary amides is 1. The van der Waals surface area contributed by atoms with Crippen LogP contribution in [0.25, 0.3) is 0 Å². The summed E-state index contributed by atoms with van der Waals surface area (Å²) < 4.78 is 0. The molecule has 0 aliphatic carbocycles. The topological polar surface area (TPSA) is 231 Å². The van der Waals surface area contributed by atoms with E-state index in [4.69, 9.17) is 21.7 Å². The van der Waals surface area contributed by atoms with Crippen molar-refractivity contribution in [3.8, 4) is 0 Å². The van der Waals surface area contributed by atoms with Crippen LogP contribution in [0.3, 0.4) is 0 Å². The zero-order valence-electron chi connectivity index (χ0n) is 17.9. The van der Waals surface area contributed by atoms with Crippen molar-refractivity contribution in [2.45, 2.75) is 64.7 Å². The van der Waals surface area contributed by atoms with Crippen molar-refractivity contribution in [2.75, 3.05) is 0 Å². The summed E-state index contributed by atoms with van der Waals surface area (Å²) in [5.74, 6) is -7.24. The molecule has 13 nitrogen and oxygen atoms in total. The molecular weight excluding hydrogens is 414 g/mol. The molecule has 0 spiro atoms. The predicted octanol–water partition coefficient (Wildman–Crippen LogP) is -2.49. The van der Waals surface area contributed by atoms with Crippen LogP contribution in [-0.4, -0.2) is 69.9 Å². The molecule has 0 aromatic heterocycles. The van der Waals surface area contributed by atoms with E-state index < -0.39 is 78.5 Å². The highest BCUT2D eigenvalue weighted by Gasteiger charge is 2.33. The molecule has 9 N–H and O–H groups in total. The molecule has 13 heteroatoms. The standard InChI is InChI=1S/C18H31N5O8/c1-7(2)13(20)16(28)23-14(8(3)4)17(29)21-9(5-11(19)24)15(27)22-10(18(30)31)6-12(25)26/h7-10,13-14H,5-6,20H2,1-4H3,(H2,19,24)(H,21,29)(H,22,27)(H,23,28)(H,25,26)(H,30,31). The van der Waals surface area contributed by atoms with Gasteiger partial charge in [0.25, 0.3) is 0 Å². The summed E-state index contributed by atoms with van der Waals surface area (Å²) in [6.07, 6.45) is -1.60. The van der Waals surface area contributed by atoms with Gasteiger partial charge < -0.3 is 37.6 Å². The van der Waals surface area contributed by atoms with E-state index in [1.54, 1.807) is 27.7 Å². The van der Waals surface area contributed by atoms with Crippen LogP contribution in [0.1, 0.15) is 40.5 Å². The lowest BCUT2D eigenvalue weighted by Crippen LogP contribution is -2.59. The molecule has 0 saturated carbocycles. The summed E-state index contributed by atoms with van der Waals surface area (Å²) in [6, 6.07) is -5.37. The van der Waals surface area contributed by atoms with Crippen molar-refractivity contribution in [3.05, 3.63) is 0 Å². The molecule has 31 heavy (non-hydrogen) atoms. The number of hydrogen-bond donors (Lipinski definition) is 7. The Kier molecular flexibility index (Phi) is 11.2. The van der Waals surface area contributed by atoms with Gasteiger partial charge in [0.1, 0.15) is 18.1 Å². The maximum atomic E-state index is 12.7. The van der Waals surface area contributed by atoms with E-state index in [0.717, 1.165) is 0 Å². The molecule has 0 aromatic rings. The van der Waals surface area contributed by atoms with Gasteiger partial charge in [-0.25, -0.2) is 4.79 Å². The van der Waals surface area contributed by atoms with Crippen LogP contribution < -0.4 is 27.4 Å². The molecule has 0 fully saturated rings. The Morgan fingerprint density at radius 3 is 1.65 bits per heavy atom. The largest absolute Gasteiger partial charge is 0.481 e. The van der Waals surface area contributed by atoms with Gasteiger partial charge in [-0.1, -0.05) is 27.7 Å². The predicted molar refractivity (Wildman–Crippen MR) is 107 cm³/mol. The van der Waals surface area contributed by atoms with Crippen LogP contribution in [-0.2, 0) is 28.8 Å². The van der Waals surface area contributed by atoms with Crippen molar-refractivity contribution >= 4 is 35.6 Å². The Hall–Kier alpha value is -3.22. The van der Waals surface area contributed by atoms with E-state index in [1.165, 1.54) is 0 Å². The average Bonchev–Trinajstić information content (AvgIpc) is 2.62. The Morgan fingerprint density at radius 1 is 0.742 bits per heavy atom. The molecular formula is C18H31N5O8. The summed E-state index contributed by atoms with van der Waals surface area (Å²) in [5.41, 5.74) is 10.9. The second kappa shape index (κ2) is 12.5. The number of carbonyl (C=O) groups excluding carboxylic acids is 4. The summed E-state index contributed by atoms with van der Waals surface area (Å²) in [4.78, 5) is 70.6. The van der Waals surface area contributed by atoms with Gasteiger partial charge in [-0.15, -0.1) is 0 Å². The average molecular weight is 445 g/mol. The highest BCUT2D eigenvalue weighted by Crippen LogP contribution is 2.07. The lowest BCUT2D eigenvalue weighted by Gasteiger charge is -2.27. The van der Waals surface area contributed by atoms with Crippen LogP contribution in [0.15, 0.2) is 0 Å². The first-order chi connectivity index (χ1) is 14.2. The number of carboxylic acid groups (broad SMARTS) is 2. The number of carbonyl (C=O) groups is 6. The van der Waals surface area contributed by atoms with Gasteiger partial charge in [0.05, 0.1) is 18.9 Å². The Balaban J connectivity index is 5.49. The van der Waals surface area contributed by atoms with Crippen molar-refractivity contribution in [1.29, 1.82) is 0 Å². The fourth-order valence-electron chi connectivity index (χ4n) is 2.41. The van der Waals surface area contributed by atoms with E-state index in [0.29, 0.717) is 0 Å². The molecule has 0 heterocycles. The maximum Gasteiger partial charge on any atom is 0.326 e. The van der Waals surface area contributed by atoms with Gasteiger partial charge in [0.15, 0.2) is 0 Å². The van der Waals surface area contributed by atoms with Gasteiger partial charge in [-0.3, -0.25) is 24.0 Å². The van der Waals surface area contributed by atoms with Crippen molar-refractivity contribution in [2.24, 2.45) is 23.3 Å². The molecule has 0 saturated heterocycles. The minimum Gasteiger partial charge on any atom is -0.481 e. The molecule has 0 radical (unpaired) electrons. The van der Waals surface area contributed by atoms with E-state index in [-0.39, 0.29) is 5.92 Å². The van der Waals surface area contributed by atoms with Gasteiger partial charge in [0, 0.05) is 0 Å². The third-order valence-electron chi connectivity index (χ3n) is 4.30. The molecule has 0 aliphatic heterocycles. The molecule has 4 unspecified atom stereocenters. The Morgan fingerprint density at radius 2 is 1.26 bits per heavy atom.